The summed E-state index contributed by atoms with van der Waals surface area (Å²) in [7, 11) is 0. The van der Waals surface area contributed by atoms with Crippen LogP contribution in [0.15, 0.2) is 42.5 Å². The zero-order chi connectivity index (χ0) is 14.9. The van der Waals surface area contributed by atoms with E-state index in [1.165, 1.54) is 18.2 Å². The molecule has 0 radical (unpaired) electrons. The van der Waals surface area contributed by atoms with Crippen LogP contribution in [-0.4, -0.2) is 5.11 Å². The molecule has 2 aromatic carbocycles. The molecule has 3 heteroatoms. The third-order valence-electron chi connectivity index (χ3n) is 4.34. The first-order valence-electron chi connectivity index (χ1n) is 7.34. The summed E-state index contributed by atoms with van der Waals surface area (Å²) in [6, 6.07) is 11.5. The monoisotopic (exact) mass is 288 g/mol. The molecule has 0 saturated carbocycles. The van der Waals surface area contributed by atoms with Gasteiger partial charge in [0.2, 0.25) is 0 Å². The maximum Gasteiger partial charge on any atom is 0.129 e. The molecule has 0 fully saturated rings. The molecule has 0 saturated heterocycles. The number of aliphatic hydroxyl groups is 1. The van der Waals surface area contributed by atoms with Gasteiger partial charge in [-0.3, -0.25) is 0 Å². The highest BCUT2D eigenvalue weighted by molar-refractivity contribution is 5.36. The Morgan fingerprint density at radius 2 is 1.67 bits per heavy atom. The Hall–Kier alpha value is -1.74. The summed E-state index contributed by atoms with van der Waals surface area (Å²) < 4.78 is 27.8. The first kappa shape index (κ1) is 14.2. The predicted octanol–water partition coefficient (Wildman–Crippen LogP) is 4.12. The summed E-state index contributed by atoms with van der Waals surface area (Å²) in [5.74, 6) is -1.18. The Bertz CT molecular complexity index is 633. The van der Waals surface area contributed by atoms with Gasteiger partial charge in [-0.1, -0.05) is 30.3 Å². The molecule has 1 N–H and O–H groups in total. The van der Waals surface area contributed by atoms with E-state index in [1.807, 2.05) is 24.3 Å². The molecule has 3 rings (SSSR count). The van der Waals surface area contributed by atoms with E-state index >= 15 is 0 Å². The maximum atomic E-state index is 13.9. The SMILES string of the molecule is OC1(Cc2c(F)cccc2F)CCCCc2ccccc21. The molecule has 2 aromatic rings. The lowest BCUT2D eigenvalue weighted by Crippen LogP contribution is -2.29. The van der Waals surface area contributed by atoms with E-state index in [0.29, 0.717) is 6.42 Å². The minimum absolute atomic E-state index is 0.0253. The van der Waals surface area contributed by atoms with Crippen LogP contribution in [0.25, 0.3) is 0 Å². The fourth-order valence-corrected chi connectivity index (χ4v) is 3.24. The van der Waals surface area contributed by atoms with Crippen molar-refractivity contribution in [3.8, 4) is 0 Å². The van der Waals surface area contributed by atoms with Gasteiger partial charge in [0, 0.05) is 12.0 Å². The average molecular weight is 288 g/mol. The molecule has 0 spiro atoms. The van der Waals surface area contributed by atoms with Crippen molar-refractivity contribution >= 4 is 0 Å². The van der Waals surface area contributed by atoms with Gasteiger partial charge >= 0.3 is 0 Å². The lowest BCUT2D eigenvalue weighted by atomic mass is 9.82. The molecular formula is C18H18F2O. The quantitative estimate of drug-likeness (QED) is 0.824. The molecule has 0 aliphatic heterocycles. The van der Waals surface area contributed by atoms with Crippen molar-refractivity contribution < 1.29 is 13.9 Å². The first-order valence-corrected chi connectivity index (χ1v) is 7.34. The molecule has 0 amide bonds. The number of benzene rings is 2. The normalized spacial score (nSPS) is 21.7. The van der Waals surface area contributed by atoms with E-state index < -0.39 is 17.2 Å². The second-order valence-corrected chi connectivity index (χ2v) is 5.77. The van der Waals surface area contributed by atoms with E-state index in [9.17, 15) is 13.9 Å². The van der Waals surface area contributed by atoms with Gasteiger partial charge in [-0.25, -0.2) is 8.78 Å². The molecule has 110 valence electrons. The molecule has 0 bridgehead atoms. The fourth-order valence-electron chi connectivity index (χ4n) is 3.24. The second kappa shape index (κ2) is 5.57. The summed E-state index contributed by atoms with van der Waals surface area (Å²) in [5.41, 5.74) is 0.659. The Morgan fingerprint density at radius 3 is 2.43 bits per heavy atom. The molecule has 1 unspecified atom stereocenters. The number of aryl methyl sites for hydroxylation is 1. The number of rotatable bonds is 2. The summed E-state index contributed by atoms with van der Waals surface area (Å²) in [6.45, 7) is 0. The lowest BCUT2D eigenvalue weighted by Gasteiger charge is -2.29. The van der Waals surface area contributed by atoms with Crippen LogP contribution in [0.1, 0.15) is 36.0 Å². The zero-order valence-corrected chi connectivity index (χ0v) is 11.8. The molecule has 1 atom stereocenters. The van der Waals surface area contributed by atoms with Crippen LogP contribution in [0.4, 0.5) is 8.78 Å². The van der Waals surface area contributed by atoms with Crippen molar-refractivity contribution in [1.29, 1.82) is 0 Å². The molecule has 21 heavy (non-hydrogen) atoms. The smallest absolute Gasteiger partial charge is 0.129 e. The fraction of sp³-hybridized carbons (Fsp3) is 0.333. The number of hydrogen-bond acceptors (Lipinski definition) is 1. The van der Waals surface area contributed by atoms with E-state index in [-0.39, 0.29) is 12.0 Å². The highest BCUT2D eigenvalue weighted by Gasteiger charge is 2.34. The third-order valence-corrected chi connectivity index (χ3v) is 4.34. The van der Waals surface area contributed by atoms with Crippen molar-refractivity contribution in [2.75, 3.05) is 0 Å². The van der Waals surface area contributed by atoms with Crippen LogP contribution in [-0.2, 0) is 18.4 Å². The number of halogens is 2. The Kier molecular flexibility index (Phi) is 3.77. The summed E-state index contributed by atoms with van der Waals surface area (Å²) in [4.78, 5) is 0. The van der Waals surface area contributed by atoms with Crippen molar-refractivity contribution in [2.45, 2.75) is 37.7 Å². The van der Waals surface area contributed by atoms with Crippen LogP contribution in [0.5, 0.6) is 0 Å². The van der Waals surface area contributed by atoms with Crippen LogP contribution in [0, 0.1) is 11.6 Å². The highest BCUT2D eigenvalue weighted by Crippen LogP contribution is 2.37. The molecule has 1 aliphatic rings. The van der Waals surface area contributed by atoms with E-state index in [1.54, 1.807) is 0 Å². The standard InChI is InChI=1S/C18H18F2O/c19-16-9-5-10-17(20)14(16)12-18(21)11-4-3-7-13-6-1-2-8-15(13)18/h1-2,5-6,8-10,21H,3-4,7,11-12H2. The summed E-state index contributed by atoms with van der Waals surface area (Å²) >= 11 is 0. The maximum absolute atomic E-state index is 13.9. The third kappa shape index (κ3) is 2.70. The minimum Gasteiger partial charge on any atom is -0.385 e. The van der Waals surface area contributed by atoms with E-state index in [4.69, 9.17) is 0 Å². The van der Waals surface area contributed by atoms with Crippen LogP contribution in [0.3, 0.4) is 0 Å². The van der Waals surface area contributed by atoms with Gasteiger partial charge < -0.3 is 5.11 Å². The van der Waals surface area contributed by atoms with Gasteiger partial charge in [-0.2, -0.15) is 0 Å². The van der Waals surface area contributed by atoms with Gasteiger partial charge in [0.25, 0.3) is 0 Å². The summed E-state index contributed by atoms with van der Waals surface area (Å²) in [5, 5.41) is 11.1. The van der Waals surface area contributed by atoms with Crippen molar-refractivity contribution in [3.05, 3.63) is 70.8 Å². The molecule has 1 nitrogen and oxygen atoms in total. The van der Waals surface area contributed by atoms with Gasteiger partial charge in [-0.15, -0.1) is 0 Å². The van der Waals surface area contributed by atoms with Crippen molar-refractivity contribution in [1.82, 2.24) is 0 Å². The Balaban J connectivity index is 2.04. The Labute approximate surface area is 123 Å². The lowest BCUT2D eigenvalue weighted by molar-refractivity contribution is 0.0255. The molecule has 0 heterocycles. The van der Waals surface area contributed by atoms with Crippen molar-refractivity contribution in [2.24, 2.45) is 0 Å². The molecule has 1 aliphatic carbocycles. The van der Waals surface area contributed by atoms with Gasteiger partial charge in [0.1, 0.15) is 11.6 Å². The predicted molar refractivity (Wildman–Crippen MR) is 78.0 cm³/mol. The average Bonchev–Trinajstić information content (AvgIpc) is 2.64. The van der Waals surface area contributed by atoms with Crippen LogP contribution >= 0.6 is 0 Å². The highest BCUT2D eigenvalue weighted by atomic mass is 19.1. The van der Waals surface area contributed by atoms with Gasteiger partial charge in [0.05, 0.1) is 5.60 Å². The molecule has 0 aromatic heterocycles. The number of fused-ring (bicyclic) bond motifs is 1. The largest absolute Gasteiger partial charge is 0.385 e. The molecular weight excluding hydrogens is 270 g/mol. The van der Waals surface area contributed by atoms with Crippen molar-refractivity contribution in [3.63, 3.8) is 0 Å². The van der Waals surface area contributed by atoms with Gasteiger partial charge in [-0.05, 0) is 48.9 Å². The first-order chi connectivity index (χ1) is 10.1. The van der Waals surface area contributed by atoms with Gasteiger partial charge in [0.15, 0.2) is 0 Å². The number of hydrogen-bond donors (Lipinski definition) is 1. The minimum atomic E-state index is -1.20. The van der Waals surface area contributed by atoms with Crippen LogP contribution in [0.2, 0.25) is 0 Å². The summed E-state index contributed by atoms with van der Waals surface area (Å²) in [6.07, 6.45) is 3.23. The Morgan fingerprint density at radius 1 is 0.952 bits per heavy atom. The second-order valence-electron chi connectivity index (χ2n) is 5.77. The zero-order valence-electron chi connectivity index (χ0n) is 11.8. The topological polar surface area (TPSA) is 20.2 Å². The van der Waals surface area contributed by atoms with E-state index in [2.05, 4.69) is 0 Å². The van der Waals surface area contributed by atoms with Crippen LogP contribution < -0.4 is 0 Å². The van der Waals surface area contributed by atoms with E-state index in [0.717, 1.165) is 30.4 Å².